The van der Waals surface area contributed by atoms with Gasteiger partial charge in [-0.15, -0.1) is 0 Å². The van der Waals surface area contributed by atoms with Crippen LogP contribution < -0.4 is 22.1 Å². The Morgan fingerprint density at radius 1 is 0.681 bits per heavy atom. The second kappa shape index (κ2) is 26.0. The molecule has 1 heterocycles. The Hall–Kier alpha value is -5.36. The van der Waals surface area contributed by atoms with Crippen molar-refractivity contribution in [3.63, 3.8) is 0 Å². The van der Waals surface area contributed by atoms with E-state index in [2.05, 4.69) is 10.6 Å². The molecule has 1 fully saturated rings. The summed E-state index contributed by atoms with van der Waals surface area (Å²) in [4.78, 5) is 36.0. The van der Waals surface area contributed by atoms with Crippen LogP contribution in [0.25, 0.3) is 0 Å². The van der Waals surface area contributed by atoms with Crippen molar-refractivity contribution in [2.24, 2.45) is 0 Å². The van der Waals surface area contributed by atoms with Crippen molar-refractivity contribution < 1.29 is 60.5 Å². The van der Waals surface area contributed by atoms with Crippen molar-refractivity contribution in [2.45, 2.75) is 126 Å². The predicted octanol–water partition coefficient (Wildman–Crippen LogP) is 5.18. The number of nitrogens with zero attached hydrogens (tertiary/aromatic N) is 2. The molecule has 1 aliphatic rings. The monoisotopic (exact) mass is 1000 g/mol. The van der Waals surface area contributed by atoms with Gasteiger partial charge in [0.2, 0.25) is 0 Å². The van der Waals surface area contributed by atoms with E-state index in [9.17, 15) is 36.6 Å². The summed E-state index contributed by atoms with van der Waals surface area (Å²) in [5.74, 6) is 0. The number of alkyl carbamates (subject to hydrolysis) is 2. The summed E-state index contributed by atoms with van der Waals surface area (Å²) in [6, 6.07) is 28.4. The molecule has 8 N–H and O–H groups in total. The minimum Gasteiger partial charge on any atom is -0.444 e. The minimum atomic E-state index is -4.16. The average Bonchev–Trinajstić information content (AvgIpc) is 3.78. The number of amides is 2. The first-order valence-electron chi connectivity index (χ1n) is 22.5. The first-order valence-corrected chi connectivity index (χ1v) is 25.4. The van der Waals surface area contributed by atoms with Gasteiger partial charge in [-0.2, -0.15) is 0 Å². The van der Waals surface area contributed by atoms with Gasteiger partial charge in [0.05, 0.1) is 72.6 Å². The summed E-state index contributed by atoms with van der Waals surface area (Å²) >= 11 is 0. The topological polar surface area (TPSA) is 272 Å². The van der Waals surface area contributed by atoms with Crippen LogP contribution in [0.15, 0.2) is 119 Å². The zero-order valence-corrected chi connectivity index (χ0v) is 41.8. The van der Waals surface area contributed by atoms with E-state index in [0.29, 0.717) is 19.6 Å². The molecule has 5 rings (SSSR count). The van der Waals surface area contributed by atoms with E-state index in [4.69, 9.17) is 35.4 Å². The van der Waals surface area contributed by atoms with Crippen LogP contribution in [0, 0.1) is 0 Å². The van der Waals surface area contributed by atoms with E-state index in [1.54, 1.807) is 60.6 Å². The molecule has 19 nitrogen and oxygen atoms in total. The molecule has 69 heavy (non-hydrogen) atoms. The van der Waals surface area contributed by atoms with E-state index in [1.165, 1.54) is 36.4 Å². The number of hydroxylamine groups is 2. The Morgan fingerprint density at radius 2 is 1.10 bits per heavy atom. The number of hydrogen-bond acceptors (Lipinski definition) is 15. The lowest BCUT2D eigenvalue weighted by Gasteiger charge is -2.30. The largest absolute Gasteiger partial charge is 0.444 e. The standard InChI is InChI=1S/C24H33N3O7S.C24H35N3O6S/c1-17(2)34-27(35(30,31)21-10-6-9-19(25)14-21)15-23(28)22(13-18-7-4-3-5-8-18)26-24(29)33-20-11-12-32-16-20;1-17(2)33-27(34(30,31)20-13-9-12-19(25)15-20)16-22(28)21(14-18-10-7-6-8-11-18)26-23(29)32-24(3,4)5/h3-10,14,17,20,22-23,28H,11-13,15-16,25H2,1-2H3,(H,26,29);6-13,15,17,21-22,28H,14,16,25H2,1-5H3,(H,26,29)/t20-,22-,23+;/m0./s1. The number of ether oxygens (including phenoxy) is 3. The second-order valence-electron chi connectivity index (χ2n) is 17.8. The highest BCUT2D eigenvalue weighted by atomic mass is 32.2. The van der Waals surface area contributed by atoms with Gasteiger partial charge in [-0.25, -0.2) is 26.4 Å². The van der Waals surface area contributed by atoms with Crippen LogP contribution in [0.4, 0.5) is 21.0 Å². The summed E-state index contributed by atoms with van der Waals surface area (Å²) < 4.78 is 70.6. The normalized spacial score (nSPS) is 16.0. The number of nitrogens with two attached hydrogens (primary N) is 2. The number of benzene rings is 4. The highest BCUT2D eigenvalue weighted by Gasteiger charge is 2.35. The smallest absolute Gasteiger partial charge is 0.407 e. The fourth-order valence-electron chi connectivity index (χ4n) is 6.72. The number of hydrogen-bond donors (Lipinski definition) is 6. The molecular formula is C48H68N6O13S2. The van der Waals surface area contributed by atoms with Gasteiger partial charge in [0.15, 0.2) is 0 Å². The van der Waals surface area contributed by atoms with Crippen LogP contribution in [-0.4, -0.2) is 123 Å². The molecule has 1 saturated heterocycles. The number of rotatable bonds is 21. The van der Waals surface area contributed by atoms with Crippen LogP contribution in [0.2, 0.25) is 0 Å². The van der Waals surface area contributed by atoms with Gasteiger partial charge in [-0.3, -0.25) is 9.68 Å². The summed E-state index contributed by atoms with van der Waals surface area (Å²) in [6.07, 6.45) is -4.35. The molecule has 1 aliphatic heterocycles. The lowest BCUT2D eigenvalue weighted by Crippen LogP contribution is -2.51. The number of aliphatic hydroxyl groups excluding tert-OH is 2. The van der Waals surface area contributed by atoms with Crippen molar-refractivity contribution in [1.82, 2.24) is 19.6 Å². The number of anilines is 2. The van der Waals surface area contributed by atoms with E-state index in [0.717, 1.165) is 20.1 Å². The minimum absolute atomic E-state index is 0.0694. The molecule has 2 unspecified atom stereocenters. The van der Waals surface area contributed by atoms with Crippen LogP contribution in [0.1, 0.15) is 66.0 Å². The zero-order chi connectivity index (χ0) is 50.9. The molecule has 0 aliphatic carbocycles. The maximum Gasteiger partial charge on any atom is 0.407 e. The number of nitrogen functional groups attached to an aromatic ring is 2. The highest BCUT2D eigenvalue weighted by Crippen LogP contribution is 2.23. The third-order valence-corrected chi connectivity index (χ3v) is 13.1. The Labute approximate surface area is 406 Å². The molecule has 0 aromatic heterocycles. The fraction of sp³-hybridized carbons (Fsp3) is 0.458. The molecule has 2 amide bonds. The zero-order valence-electron chi connectivity index (χ0n) is 40.1. The summed E-state index contributed by atoms with van der Waals surface area (Å²) in [7, 11) is -8.31. The summed E-state index contributed by atoms with van der Waals surface area (Å²) in [5, 5.41) is 27.6. The molecule has 0 bridgehead atoms. The number of nitrogens with one attached hydrogen (secondary N) is 2. The molecule has 5 atom stereocenters. The lowest BCUT2D eigenvalue weighted by molar-refractivity contribution is -0.136. The molecule has 21 heteroatoms. The molecule has 4 aromatic rings. The molecule has 380 valence electrons. The summed E-state index contributed by atoms with van der Waals surface area (Å²) in [6.45, 7) is 11.9. The Kier molecular flexibility index (Phi) is 21.2. The predicted molar refractivity (Wildman–Crippen MR) is 260 cm³/mol. The second-order valence-corrected chi connectivity index (χ2v) is 21.5. The molecule has 4 aromatic carbocycles. The number of aliphatic hydroxyl groups is 2. The number of carbonyl (C=O) groups excluding carboxylic acids is 2. The summed E-state index contributed by atoms with van der Waals surface area (Å²) in [5.41, 5.74) is 13.0. The third kappa shape index (κ3) is 18.8. The van der Waals surface area contributed by atoms with Crippen LogP contribution in [0.3, 0.4) is 0 Å². The van der Waals surface area contributed by atoms with Gasteiger partial charge in [0, 0.05) is 17.8 Å². The molecule has 0 saturated carbocycles. The molecule has 0 spiro atoms. The number of sulfonamides is 2. The van der Waals surface area contributed by atoms with Crippen molar-refractivity contribution in [1.29, 1.82) is 0 Å². The van der Waals surface area contributed by atoms with Crippen molar-refractivity contribution in [3.8, 4) is 0 Å². The van der Waals surface area contributed by atoms with Gasteiger partial charge < -0.3 is 46.5 Å². The van der Waals surface area contributed by atoms with Gasteiger partial charge >= 0.3 is 12.2 Å². The number of carbonyl (C=O) groups is 2. The highest BCUT2D eigenvalue weighted by molar-refractivity contribution is 7.89. The van der Waals surface area contributed by atoms with Crippen molar-refractivity contribution >= 4 is 43.6 Å². The fourth-order valence-corrected chi connectivity index (χ4v) is 9.53. The van der Waals surface area contributed by atoms with Gasteiger partial charge in [-0.1, -0.05) is 81.7 Å². The molecular weight excluding hydrogens is 933 g/mol. The van der Waals surface area contributed by atoms with Crippen LogP contribution in [-0.2, 0) is 56.8 Å². The lowest BCUT2D eigenvalue weighted by atomic mass is 10.0. The van der Waals surface area contributed by atoms with Crippen LogP contribution in [0.5, 0.6) is 0 Å². The van der Waals surface area contributed by atoms with E-state index < -0.39 is 87.4 Å². The van der Waals surface area contributed by atoms with Gasteiger partial charge in [0.25, 0.3) is 20.0 Å². The Morgan fingerprint density at radius 3 is 1.46 bits per heavy atom. The average molecular weight is 1000 g/mol. The van der Waals surface area contributed by atoms with Crippen molar-refractivity contribution in [3.05, 3.63) is 120 Å². The maximum absolute atomic E-state index is 13.3. The van der Waals surface area contributed by atoms with E-state index in [1.807, 2.05) is 60.7 Å². The first-order chi connectivity index (χ1) is 32.4. The SMILES string of the molecule is CC(C)ON(CC(O)C(Cc1ccccc1)NC(=O)OC(C)(C)C)S(=O)(=O)c1cccc(N)c1.CC(C)ON(C[C@@H](O)[C@H](Cc1ccccc1)NC(=O)O[C@H]1CCOC1)S(=O)(=O)c1cccc(N)c1. The van der Waals surface area contributed by atoms with Crippen molar-refractivity contribution in [2.75, 3.05) is 37.8 Å². The first kappa shape index (κ1) is 56.2. The van der Waals surface area contributed by atoms with E-state index in [-0.39, 0.29) is 40.1 Å². The maximum atomic E-state index is 13.3. The van der Waals surface area contributed by atoms with Gasteiger partial charge in [0.1, 0.15) is 11.7 Å². The Bertz CT molecular complexity index is 2440. The Balaban J connectivity index is 0.000000301. The van der Waals surface area contributed by atoms with Crippen LogP contribution >= 0.6 is 0 Å². The molecule has 0 radical (unpaired) electrons. The quantitative estimate of drug-likeness (QED) is 0.0464. The third-order valence-electron chi connectivity index (χ3n) is 9.87. The van der Waals surface area contributed by atoms with E-state index >= 15 is 0 Å². The van der Waals surface area contributed by atoms with Gasteiger partial charge in [-0.05, 0) is 109 Å².